The van der Waals surface area contributed by atoms with E-state index in [0.717, 1.165) is 5.11 Å². The summed E-state index contributed by atoms with van der Waals surface area (Å²) in [5.74, 6) is 0. The third kappa shape index (κ3) is 63.7. The molecule has 0 spiro atoms. The van der Waals surface area contributed by atoms with E-state index in [2.05, 4.69) is 63.8 Å². The molecule has 0 heterocycles. The molecule has 36 heavy (non-hydrogen) atoms. The van der Waals surface area contributed by atoms with Crippen molar-refractivity contribution in [3.8, 4) is 0 Å². The second kappa shape index (κ2) is 33.6. The molecule has 0 aliphatic heterocycles. The van der Waals surface area contributed by atoms with E-state index in [9.17, 15) is 14.4 Å². The van der Waals surface area contributed by atoms with Gasteiger partial charge in [0.1, 0.15) is 0 Å². The summed E-state index contributed by atoms with van der Waals surface area (Å²) in [6, 6.07) is 1.03. The fraction of sp³-hybridized carbons (Fsp3) is 0.833. The van der Waals surface area contributed by atoms with Crippen molar-refractivity contribution in [3.05, 3.63) is 0 Å². The molecular weight excluding hydrogens is 563 g/mol. The molecule has 4 amide bonds. The first-order chi connectivity index (χ1) is 14.3. The van der Waals surface area contributed by atoms with Crippen LogP contribution in [0.4, 0.5) is 14.4 Å². The van der Waals surface area contributed by atoms with Gasteiger partial charge < -0.3 is 43.2 Å². The van der Waals surface area contributed by atoms with Gasteiger partial charge in [-0.2, -0.15) is 0 Å². The van der Waals surface area contributed by atoms with Gasteiger partial charge in [0.15, 0.2) is 5.11 Å². The van der Waals surface area contributed by atoms with E-state index < -0.39 is 0 Å². The molecule has 0 aliphatic carbocycles. The number of amides is 4. The summed E-state index contributed by atoms with van der Waals surface area (Å²) in [6.07, 6.45) is 0. The molecule has 0 radical (unpaired) electrons. The molecule has 0 aromatic rings. The molecule has 0 unspecified atom stereocenters. The molecule has 0 fully saturated rings. The Bertz CT molecular complexity index is 488. The molecule has 9 nitrogen and oxygen atoms in total. The quantitative estimate of drug-likeness (QED) is 0.199. The van der Waals surface area contributed by atoms with E-state index in [1.807, 2.05) is 60.5 Å². The third-order valence-electron chi connectivity index (χ3n) is 2.45. The van der Waals surface area contributed by atoms with Crippen LogP contribution in [-0.4, -0.2) is 99.4 Å². The van der Waals surface area contributed by atoms with E-state index in [1.165, 1.54) is 4.90 Å². The van der Waals surface area contributed by atoms with Crippen molar-refractivity contribution in [2.24, 2.45) is 0 Å². The summed E-state index contributed by atoms with van der Waals surface area (Å²) in [5, 5.41) is 11.3. The van der Waals surface area contributed by atoms with E-state index in [-0.39, 0.29) is 63.9 Å². The monoisotopic (exact) mass is 624 g/mol. The zero-order valence-electron chi connectivity index (χ0n) is 21.7. The van der Waals surface area contributed by atoms with Gasteiger partial charge in [0, 0.05) is 46.3 Å². The van der Waals surface area contributed by atoms with Crippen molar-refractivity contribution in [1.29, 1.82) is 0 Å². The number of nitrogens with one attached hydrogen (secondary N) is 4. The first-order valence-electron chi connectivity index (χ1n) is 10.2. The van der Waals surface area contributed by atoms with Crippen molar-refractivity contribution in [2.45, 2.75) is 109 Å². The maximum atomic E-state index is 10.8. The Labute approximate surface area is 244 Å². The third-order valence-corrected chi connectivity index (χ3v) is 3.30. The molecule has 0 saturated heterocycles. The van der Waals surface area contributed by atoms with E-state index in [1.54, 1.807) is 14.1 Å². The Balaban J connectivity index is -0.0000000470. The number of thiocarbonyl (C=S) groups is 1. The maximum absolute atomic E-state index is 10.8. The summed E-state index contributed by atoms with van der Waals surface area (Å²) in [6.45, 7) is 15.5. The summed E-state index contributed by atoms with van der Waals surface area (Å²) in [4.78, 5) is 34.1. The van der Waals surface area contributed by atoms with Gasteiger partial charge >= 0.3 is 56.9 Å². The van der Waals surface area contributed by atoms with Gasteiger partial charge in [-0.25, -0.2) is 4.79 Å². The Morgan fingerprint density at radius 2 is 0.944 bits per heavy atom. The smallest absolute Gasteiger partial charge is 0.168 e. The fourth-order valence-electron chi connectivity index (χ4n) is 1.22. The van der Waals surface area contributed by atoms with Crippen molar-refractivity contribution < 1.29 is 14.4 Å². The molecule has 224 valence electrons. The molecule has 0 aliphatic rings. The predicted molar refractivity (Wildman–Crippen MR) is 169 cm³/mol. The molecule has 0 aromatic heterocycles. The van der Waals surface area contributed by atoms with Crippen LogP contribution in [0, 0.1) is 0 Å². The minimum atomic E-state index is -0.380. The average Bonchev–Trinajstić information content (AvgIpc) is 2.52. The molecule has 12 heteroatoms. The Morgan fingerprint density at radius 3 is 1.00 bits per heavy atom. The zero-order chi connectivity index (χ0) is 26.6. The predicted octanol–water partition coefficient (Wildman–Crippen LogP) is 4.97. The summed E-state index contributed by atoms with van der Waals surface area (Å²) < 4.78 is 0. The van der Waals surface area contributed by atoms with Gasteiger partial charge in [-0.3, -0.25) is 0 Å². The van der Waals surface area contributed by atoms with Crippen LogP contribution in [0.1, 0.15) is 85.1 Å². The van der Waals surface area contributed by atoms with Gasteiger partial charge in [0.2, 0.25) is 0 Å². The van der Waals surface area contributed by atoms with Crippen LogP contribution >= 0.6 is 12.2 Å². The molecule has 4 N–H and O–H groups in total. The van der Waals surface area contributed by atoms with Gasteiger partial charge in [-0.05, 0) is 53.8 Å². The fourth-order valence-corrected chi connectivity index (χ4v) is 2.19. The Morgan fingerprint density at radius 1 is 0.639 bits per heavy atom. The maximum Gasteiger partial charge on any atom is 0.168 e. The average molecular weight is 624 g/mol. The van der Waals surface area contributed by atoms with Crippen LogP contribution < -0.4 is 21.3 Å². The molecule has 0 saturated carbocycles. The number of carbonyl (C=O) groups is 3. The minimum absolute atomic E-state index is 0. The standard InChI is InChI=1S/C6H14N2O.C6H14N2S.C4H9NOS.C4H9NOSe.4CH4/c2*1-5(2)7-6(9)8(3)4;2*1-3(2)5-4(6)7;;;;/h2*5H,1-4H3,(H,7,9);2*3H,1-2H3,(H2,5,6,7);4*1H4/p-2. The van der Waals surface area contributed by atoms with Crippen LogP contribution in [0.2, 0.25) is 0 Å². The van der Waals surface area contributed by atoms with E-state index >= 15 is 0 Å². The van der Waals surface area contributed by atoms with Crippen molar-refractivity contribution >= 4 is 62.0 Å². The number of hydrogen-bond donors (Lipinski definition) is 4. The van der Waals surface area contributed by atoms with Crippen molar-refractivity contribution in [3.63, 3.8) is 0 Å². The van der Waals surface area contributed by atoms with Gasteiger partial charge in [-0.1, -0.05) is 29.7 Å². The van der Waals surface area contributed by atoms with E-state index in [0.29, 0.717) is 6.04 Å². The number of hydrogen-bond acceptors (Lipinski definition) is 5. The van der Waals surface area contributed by atoms with Gasteiger partial charge in [0.05, 0.1) is 5.24 Å². The van der Waals surface area contributed by atoms with Gasteiger partial charge in [0.25, 0.3) is 0 Å². The van der Waals surface area contributed by atoms with Crippen LogP contribution in [0.15, 0.2) is 0 Å². The van der Waals surface area contributed by atoms with Crippen molar-refractivity contribution in [2.75, 3.05) is 28.2 Å². The SMILES string of the molecule is C.C.C.C.CC(C)NC(=O)N(C)C.CC(C)NC(=O)[S-].CC(C)NC(=O)[Se-].CC(C)NC(=S)N(C)C. The number of nitrogens with zero attached hydrogens (tertiary/aromatic N) is 2. The second-order valence-electron chi connectivity index (χ2n) is 8.17. The normalized spacial score (nSPS) is 8.22. The topological polar surface area (TPSA) is 106 Å². The number of rotatable bonds is 4. The van der Waals surface area contributed by atoms with Crippen LogP contribution in [-0.2, 0) is 12.6 Å². The first-order valence-corrected chi connectivity index (χ1v) is 11.9. The Hall–Kier alpha value is -1.36. The van der Waals surface area contributed by atoms with Crippen LogP contribution in [0.5, 0.6) is 0 Å². The number of urea groups is 1. The molecule has 0 aromatic carbocycles. The molecule has 0 bridgehead atoms. The van der Waals surface area contributed by atoms with E-state index in [4.69, 9.17) is 12.2 Å². The van der Waals surface area contributed by atoms with Crippen LogP contribution in [0.25, 0.3) is 0 Å². The van der Waals surface area contributed by atoms with Crippen LogP contribution in [0.3, 0.4) is 0 Å². The largest absolute Gasteiger partial charge is 0.360 e. The summed E-state index contributed by atoms with van der Waals surface area (Å²) >= 11 is 11.5. The Kier molecular flexibility index (Phi) is 51.6. The number of carbonyl (C=O) groups excluding carboxylic acids is 3. The molecule has 0 atom stereocenters. The summed E-state index contributed by atoms with van der Waals surface area (Å²) in [7, 11) is 7.30. The summed E-state index contributed by atoms with van der Waals surface area (Å²) in [5.41, 5.74) is 0. The molecule has 0 rings (SSSR count). The zero-order valence-corrected chi connectivity index (χ0v) is 25.0. The first kappa shape index (κ1) is 55.2. The second-order valence-corrected chi connectivity index (χ2v) is 9.71. The van der Waals surface area contributed by atoms with Gasteiger partial charge in [-0.15, -0.1) is 0 Å². The molecular formula is C24H60N6O3S2Se-2. The minimum Gasteiger partial charge on any atom is -0.360 e. The van der Waals surface area contributed by atoms with Crippen molar-refractivity contribution in [1.82, 2.24) is 31.1 Å².